The van der Waals surface area contributed by atoms with Crippen LogP contribution in [0.5, 0.6) is 0 Å². The number of likely N-dealkylation sites (N-methyl/N-ethyl adjacent to an activating group) is 1. The molecule has 1 heterocycles. The molecule has 0 fully saturated rings. The largest absolute Gasteiger partial charge is 0.395 e. The van der Waals surface area contributed by atoms with E-state index in [1.807, 2.05) is 72.8 Å². The van der Waals surface area contributed by atoms with E-state index in [1.165, 1.54) is 0 Å². The molecule has 5 nitrogen and oxygen atoms in total. The molecule has 0 saturated heterocycles. The minimum atomic E-state index is -0.448. The normalized spacial score (nSPS) is 15.3. The van der Waals surface area contributed by atoms with E-state index in [0.29, 0.717) is 17.8 Å². The lowest BCUT2D eigenvalue weighted by molar-refractivity contribution is -0.136. The molecule has 0 atom stereocenters. The fraction of sp³-hybridized carbons (Fsp3) is 0.167. The molecule has 1 N–H and O–H groups in total. The van der Waals surface area contributed by atoms with Crippen molar-refractivity contribution in [3.05, 3.63) is 95.6 Å². The second kappa shape index (κ2) is 10.2. The van der Waals surface area contributed by atoms with Crippen LogP contribution in [0.15, 0.2) is 89.6 Å². The summed E-state index contributed by atoms with van der Waals surface area (Å²) in [6.07, 6.45) is 9.27. The fourth-order valence-corrected chi connectivity index (χ4v) is 3.00. The molecule has 1 aliphatic heterocycles. The number of benzene rings is 2. The summed E-state index contributed by atoms with van der Waals surface area (Å²) in [6, 6.07) is 17.6. The number of oxime groups is 1. The third-order valence-corrected chi connectivity index (χ3v) is 4.53. The van der Waals surface area contributed by atoms with Crippen LogP contribution >= 0.6 is 0 Å². The van der Waals surface area contributed by atoms with Gasteiger partial charge in [0.1, 0.15) is 5.71 Å². The second-order valence-electron chi connectivity index (χ2n) is 6.40. The first-order valence-electron chi connectivity index (χ1n) is 9.59. The Morgan fingerprint density at radius 2 is 1.79 bits per heavy atom. The first kappa shape index (κ1) is 20.3. The van der Waals surface area contributed by atoms with Crippen LogP contribution in [0.25, 0.3) is 6.08 Å². The summed E-state index contributed by atoms with van der Waals surface area (Å²) in [5, 5.41) is 13.0. The summed E-state index contributed by atoms with van der Waals surface area (Å²) in [5.41, 5.74) is 3.98. The summed E-state index contributed by atoms with van der Waals surface area (Å²) in [4.78, 5) is 18.9. The first-order chi connectivity index (χ1) is 14.2. The van der Waals surface area contributed by atoms with E-state index in [4.69, 9.17) is 9.94 Å². The molecule has 5 heteroatoms. The molecule has 0 spiro atoms. The quantitative estimate of drug-likeness (QED) is 0.422. The van der Waals surface area contributed by atoms with Crippen molar-refractivity contribution in [3.63, 3.8) is 0 Å². The lowest BCUT2D eigenvalue weighted by Gasteiger charge is -2.21. The monoisotopic (exact) mass is 388 g/mol. The van der Waals surface area contributed by atoms with Crippen LogP contribution in [0.4, 0.5) is 5.69 Å². The summed E-state index contributed by atoms with van der Waals surface area (Å²) >= 11 is 0. The van der Waals surface area contributed by atoms with E-state index in [2.05, 4.69) is 17.0 Å². The van der Waals surface area contributed by atoms with E-state index in [0.717, 1.165) is 23.4 Å². The van der Waals surface area contributed by atoms with Gasteiger partial charge in [0.2, 0.25) is 0 Å². The van der Waals surface area contributed by atoms with Crippen LogP contribution in [0.2, 0.25) is 0 Å². The van der Waals surface area contributed by atoms with Crippen LogP contribution in [0, 0.1) is 0 Å². The zero-order valence-corrected chi connectivity index (χ0v) is 16.4. The minimum Gasteiger partial charge on any atom is -0.395 e. The Balaban J connectivity index is 1.64. The number of aliphatic hydroxyl groups is 1. The van der Waals surface area contributed by atoms with Crippen molar-refractivity contribution in [1.82, 2.24) is 0 Å². The van der Waals surface area contributed by atoms with Gasteiger partial charge >= 0.3 is 5.97 Å². The van der Waals surface area contributed by atoms with E-state index >= 15 is 0 Å². The van der Waals surface area contributed by atoms with Gasteiger partial charge in [-0.2, -0.15) is 0 Å². The Bertz CT molecular complexity index is 942. The molecule has 0 bridgehead atoms. The summed E-state index contributed by atoms with van der Waals surface area (Å²) in [6.45, 7) is 3.68. The number of carbonyl (C=O) groups excluding carboxylic acids is 1. The second-order valence-corrected chi connectivity index (χ2v) is 6.40. The van der Waals surface area contributed by atoms with Crippen molar-refractivity contribution in [1.29, 1.82) is 0 Å². The van der Waals surface area contributed by atoms with E-state index in [1.54, 1.807) is 12.2 Å². The maximum Gasteiger partial charge on any atom is 0.368 e. The smallest absolute Gasteiger partial charge is 0.368 e. The van der Waals surface area contributed by atoms with Gasteiger partial charge in [0.15, 0.2) is 0 Å². The van der Waals surface area contributed by atoms with Crippen molar-refractivity contribution >= 4 is 23.4 Å². The Hall–Kier alpha value is -3.44. The zero-order chi connectivity index (χ0) is 20.5. The molecule has 29 heavy (non-hydrogen) atoms. The average Bonchev–Trinajstić information content (AvgIpc) is 3.13. The highest BCUT2D eigenvalue weighted by Gasteiger charge is 2.25. The number of allylic oxidation sites excluding steroid dienone is 4. The van der Waals surface area contributed by atoms with Crippen molar-refractivity contribution in [2.75, 3.05) is 24.6 Å². The topological polar surface area (TPSA) is 62.1 Å². The Labute approximate surface area is 170 Å². The Kier molecular flexibility index (Phi) is 7.14. The Morgan fingerprint density at radius 3 is 2.48 bits per heavy atom. The maximum atomic E-state index is 11.9. The predicted octanol–water partition coefficient (Wildman–Crippen LogP) is 3.96. The molecule has 0 saturated carbocycles. The van der Waals surface area contributed by atoms with Crippen LogP contribution < -0.4 is 4.90 Å². The molecule has 0 unspecified atom stereocenters. The summed E-state index contributed by atoms with van der Waals surface area (Å²) in [7, 11) is 0. The van der Waals surface area contributed by atoms with Gasteiger partial charge in [-0.05, 0) is 30.7 Å². The van der Waals surface area contributed by atoms with Crippen molar-refractivity contribution < 1.29 is 14.7 Å². The molecular weight excluding hydrogens is 364 g/mol. The van der Waals surface area contributed by atoms with Gasteiger partial charge in [0.05, 0.1) is 12.2 Å². The molecular formula is C24H24N2O3. The molecule has 0 aromatic heterocycles. The van der Waals surface area contributed by atoms with Crippen LogP contribution in [-0.2, 0) is 9.63 Å². The number of hydrogen-bond acceptors (Lipinski definition) is 5. The van der Waals surface area contributed by atoms with E-state index in [9.17, 15) is 4.79 Å². The molecule has 148 valence electrons. The highest BCUT2D eigenvalue weighted by Crippen LogP contribution is 2.18. The number of nitrogens with zero attached hydrogens (tertiary/aromatic N) is 2. The lowest BCUT2D eigenvalue weighted by atomic mass is 10.0. The number of rotatable bonds is 8. The standard InChI is InChI=1S/C24H24N2O3/c1-2-26(17-18-27)21-15-13-19(14-16-21)9-5-3-8-12-22-23(25-29-24(22)28)20-10-6-4-7-11-20/h3-16,27H,2,17-18H2,1H3/b8-3+,9-5+,22-12+. The third-order valence-electron chi connectivity index (χ3n) is 4.53. The van der Waals surface area contributed by atoms with Crippen LogP contribution in [0.1, 0.15) is 18.1 Å². The number of aliphatic hydroxyl groups excluding tert-OH is 1. The van der Waals surface area contributed by atoms with Crippen LogP contribution in [0.3, 0.4) is 0 Å². The van der Waals surface area contributed by atoms with Gasteiger partial charge in [0, 0.05) is 24.3 Å². The highest BCUT2D eigenvalue weighted by atomic mass is 16.7. The number of hydrogen-bond donors (Lipinski definition) is 1. The fourth-order valence-electron chi connectivity index (χ4n) is 3.00. The summed E-state index contributed by atoms with van der Waals surface area (Å²) in [5.74, 6) is -0.448. The van der Waals surface area contributed by atoms with Gasteiger partial charge in [-0.1, -0.05) is 71.9 Å². The van der Waals surface area contributed by atoms with Crippen molar-refractivity contribution in [2.45, 2.75) is 6.92 Å². The molecule has 3 rings (SSSR count). The van der Waals surface area contributed by atoms with Gasteiger partial charge in [-0.25, -0.2) is 4.79 Å². The molecule has 0 aliphatic carbocycles. The Morgan fingerprint density at radius 1 is 1.03 bits per heavy atom. The molecule has 1 aliphatic rings. The van der Waals surface area contributed by atoms with Gasteiger partial charge in [-0.3, -0.25) is 0 Å². The zero-order valence-electron chi connectivity index (χ0n) is 16.4. The average molecular weight is 388 g/mol. The van der Waals surface area contributed by atoms with Crippen molar-refractivity contribution in [2.24, 2.45) is 5.16 Å². The third kappa shape index (κ3) is 5.30. The van der Waals surface area contributed by atoms with Crippen molar-refractivity contribution in [3.8, 4) is 0 Å². The minimum absolute atomic E-state index is 0.139. The highest BCUT2D eigenvalue weighted by molar-refractivity contribution is 6.28. The predicted molar refractivity (Wildman–Crippen MR) is 117 cm³/mol. The van der Waals surface area contributed by atoms with Gasteiger partial charge in [-0.15, -0.1) is 0 Å². The molecule has 2 aromatic carbocycles. The SMILES string of the molecule is CCN(CCO)c1ccc(/C=C/C=C/C=C2/C(=O)ON=C2c2ccccc2)cc1. The van der Waals surface area contributed by atoms with Gasteiger partial charge < -0.3 is 14.8 Å². The maximum absolute atomic E-state index is 11.9. The molecule has 0 amide bonds. The van der Waals surface area contributed by atoms with E-state index in [-0.39, 0.29) is 6.61 Å². The number of carbonyl (C=O) groups is 1. The summed E-state index contributed by atoms with van der Waals surface area (Å²) < 4.78 is 0. The van der Waals surface area contributed by atoms with Crippen LogP contribution in [-0.4, -0.2) is 36.5 Å². The first-order valence-corrected chi connectivity index (χ1v) is 9.59. The number of anilines is 1. The lowest BCUT2D eigenvalue weighted by Crippen LogP contribution is -2.25. The molecule has 2 aromatic rings. The molecule has 0 radical (unpaired) electrons. The van der Waals surface area contributed by atoms with Gasteiger partial charge in [0.25, 0.3) is 0 Å². The van der Waals surface area contributed by atoms with E-state index < -0.39 is 5.97 Å².